The van der Waals surface area contributed by atoms with Crippen molar-refractivity contribution < 1.29 is 20.8 Å². The molecule has 3 aromatic carbocycles. The topological polar surface area (TPSA) is 0 Å². The summed E-state index contributed by atoms with van der Waals surface area (Å²) < 4.78 is 0. The predicted octanol–water partition coefficient (Wildman–Crippen LogP) is 9.02. The van der Waals surface area contributed by atoms with Gasteiger partial charge in [0.1, 0.15) is 0 Å². The van der Waals surface area contributed by atoms with E-state index in [9.17, 15) is 0 Å². The summed E-state index contributed by atoms with van der Waals surface area (Å²) in [5, 5.41) is 2.72. The Morgan fingerprint density at radius 2 is 1.27 bits per heavy atom. The minimum absolute atomic E-state index is 0.152. The van der Waals surface area contributed by atoms with Crippen LogP contribution in [0.4, 0.5) is 0 Å². The van der Waals surface area contributed by atoms with Crippen LogP contribution in [0.5, 0.6) is 0 Å². The monoisotopic (exact) mass is 536 g/mol. The van der Waals surface area contributed by atoms with Crippen molar-refractivity contribution >= 4 is 37.3 Å². The molecule has 0 fully saturated rings. The first-order valence-electron chi connectivity index (χ1n) is 10.4. The quantitative estimate of drug-likeness (QED) is 0.214. The second-order valence-corrected chi connectivity index (χ2v) is 14.7. The van der Waals surface area contributed by atoms with Gasteiger partial charge in [-0.25, -0.2) is 0 Å². The number of fused-ring (bicyclic) bond motifs is 1. The molecule has 3 rings (SSSR count). The van der Waals surface area contributed by atoms with Crippen molar-refractivity contribution in [3.05, 3.63) is 65.2 Å². The van der Waals surface area contributed by atoms with Gasteiger partial charge in [0.05, 0.1) is 0 Å². The van der Waals surface area contributed by atoms with Crippen molar-refractivity contribution in [2.75, 3.05) is 0 Å². The van der Waals surface area contributed by atoms with Crippen LogP contribution < -0.4 is 0 Å². The van der Waals surface area contributed by atoms with Crippen LogP contribution in [0, 0.1) is 6.92 Å². The van der Waals surface area contributed by atoms with Gasteiger partial charge in [-0.1, -0.05) is 103 Å². The second kappa shape index (κ2) is 12.1. The summed E-state index contributed by atoms with van der Waals surface area (Å²) >= 11 is -0.826. The van der Waals surface area contributed by atoms with E-state index in [-0.39, 0.29) is 10.8 Å². The van der Waals surface area contributed by atoms with E-state index >= 15 is 0 Å². The summed E-state index contributed by atoms with van der Waals surface area (Å²) in [7, 11) is 10.6. The van der Waals surface area contributed by atoms with Gasteiger partial charge < -0.3 is 0 Å². The number of hydrogen-bond acceptors (Lipinski definition) is 0. The van der Waals surface area contributed by atoms with E-state index in [1.54, 1.807) is 0 Å². The molecule has 1 radical (unpaired) electrons. The molecule has 0 heterocycles. The fourth-order valence-electron chi connectivity index (χ4n) is 3.29. The van der Waals surface area contributed by atoms with Crippen LogP contribution in [0.1, 0.15) is 58.2 Å². The summed E-state index contributed by atoms with van der Waals surface area (Å²) in [5.74, 6) is 0. The van der Waals surface area contributed by atoms with Crippen LogP contribution in [0.15, 0.2) is 48.5 Å². The number of halogens is 2. The van der Waals surface area contributed by atoms with E-state index in [0.717, 1.165) is 9.52 Å². The maximum atomic E-state index is 4.93. The summed E-state index contributed by atoms with van der Waals surface area (Å²) in [4.78, 5) is 0. The molecular formula is C26H36Cl2SiZr-. The van der Waals surface area contributed by atoms with E-state index in [1.165, 1.54) is 38.6 Å². The Morgan fingerprint density at radius 3 is 1.70 bits per heavy atom. The molecule has 0 bridgehead atoms. The van der Waals surface area contributed by atoms with Gasteiger partial charge in [-0.15, -0.1) is 28.5 Å². The summed E-state index contributed by atoms with van der Waals surface area (Å²) in [6.07, 6.45) is 0. The van der Waals surface area contributed by atoms with Crippen LogP contribution in [-0.4, -0.2) is 9.52 Å². The standard InChI is InChI=1S/C24H29.C2H7Si.2ClH.Zr/c1-16-12-18-14-20(24(5,6)7)15-22(21(18)13-16)17-8-10-19(11-9-17)23(2,3)4;1-3-2;;;/h8-15H,1-7H3;3H,1-2H3;2*1H;/q-1;;;;+2/p-2. The number of benzene rings is 2. The first kappa shape index (κ1) is 27.8. The van der Waals surface area contributed by atoms with Crippen molar-refractivity contribution in [2.24, 2.45) is 0 Å². The Bertz CT molecular complexity index is 911. The van der Waals surface area contributed by atoms with Crippen LogP contribution >= 0.6 is 17.0 Å². The SMILES string of the molecule is C[SiH]C.Cc1cc2c(-c3ccc(C(C)(C)C)cc3)cc(C(C)(C)C)cc2[cH-]1.[Cl][Zr][Cl]. The fourth-order valence-corrected chi connectivity index (χ4v) is 3.29. The summed E-state index contributed by atoms with van der Waals surface area (Å²) in [5.41, 5.74) is 7.13. The van der Waals surface area contributed by atoms with Gasteiger partial charge in [0, 0.05) is 9.52 Å². The van der Waals surface area contributed by atoms with Gasteiger partial charge in [0.25, 0.3) is 0 Å². The number of aryl methyl sites for hydroxylation is 1. The number of rotatable bonds is 1. The molecule has 0 saturated heterocycles. The minimum atomic E-state index is -0.826. The molecule has 0 aliphatic rings. The third-order valence-electron chi connectivity index (χ3n) is 4.90. The van der Waals surface area contributed by atoms with Crippen molar-refractivity contribution in [1.29, 1.82) is 0 Å². The molecule has 4 heteroatoms. The molecule has 0 unspecified atom stereocenters. The van der Waals surface area contributed by atoms with E-state index < -0.39 is 20.8 Å². The third-order valence-corrected chi connectivity index (χ3v) is 4.90. The van der Waals surface area contributed by atoms with Crippen molar-refractivity contribution in [3.8, 4) is 11.1 Å². The zero-order valence-electron chi connectivity index (χ0n) is 20.0. The summed E-state index contributed by atoms with van der Waals surface area (Å²) in [6.45, 7) is 20.3. The second-order valence-electron chi connectivity index (χ2n) is 9.79. The van der Waals surface area contributed by atoms with E-state index in [2.05, 4.69) is 110 Å². The normalized spacial score (nSPS) is 11.3. The molecule has 0 aromatic heterocycles. The first-order chi connectivity index (χ1) is 13.9. The molecule has 163 valence electrons. The molecule has 0 atom stereocenters. The fraction of sp³-hybridized carbons (Fsp3) is 0.423. The van der Waals surface area contributed by atoms with Crippen molar-refractivity contribution in [1.82, 2.24) is 0 Å². The van der Waals surface area contributed by atoms with Gasteiger partial charge in [-0.2, -0.15) is 6.07 Å². The third kappa shape index (κ3) is 8.01. The van der Waals surface area contributed by atoms with Gasteiger partial charge in [0.2, 0.25) is 0 Å². The van der Waals surface area contributed by atoms with E-state index in [0.29, 0.717) is 0 Å². The van der Waals surface area contributed by atoms with E-state index in [1.807, 2.05) is 0 Å². The Morgan fingerprint density at radius 1 is 0.800 bits per heavy atom. The average Bonchev–Trinajstić information content (AvgIpc) is 3.01. The Labute approximate surface area is 205 Å². The van der Waals surface area contributed by atoms with Crippen LogP contribution in [0.2, 0.25) is 13.1 Å². The van der Waals surface area contributed by atoms with Gasteiger partial charge in [-0.3, -0.25) is 0 Å². The molecule has 0 amide bonds. The Balaban J connectivity index is 0.000000672. The summed E-state index contributed by atoms with van der Waals surface area (Å²) in [6, 6.07) is 18.5. The van der Waals surface area contributed by atoms with Gasteiger partial charge in [-0.05, 0) is 22.0 Å². The van der Waals surface area contributed by atoms with Gasteiger partial charge in [0.15, 0.2) is 0 Å². The molecule has 0 spiro atoms. The zero-order chi connectivity index (χ0) is 23.1. The molecule has 3 aromatic rings. The van der Waals surface area contributed by atoms with E-state index in [4.69, 9.17) is 17.0 Å². The van der Waals surface area contributed by atoms with Gasteiger partial charge >= 0.3 is 37.9 Å². The molecule has 0 aliphatic heterocycles. The Kier molecular flexibility index (Phi) is 11.2. The molecule has 0 nitrogen and oxygen atoms in total. The van der Waals surface area contributed by atoms with Crippen LogP contribution in [0.3, 0.4) is 0 Å². The first-order valence-corrected chi connectivity index (χ1v) is 19.1. The molecule has 30 heavy (non-hydrogen) atoms. The average molecular weight is 539 g/mol. The Hall–Kier alpha value is -0.270. The zero-order valence-corrected chi connectivity index (χ0v) is 25.1. The van der Waals surface area contributed by atoms with Crippen molar-refractivity contribution in [3.63, 3.8) is 0 Å². The molecular weight excluding hydrogens is 503 g/mol. The molecule has 0 aliphatic carbocycles. The predicted molar refractivity (Wildman–Crippen MR) is 138 cm³/mol. The maximum absolute atomic E-state index is 4.93. The van der Waals surface area contributed by atoms with Crippen molar-refractivity contribution in [2.45, 2.75) is 72.4 Å². The van der Waals surface area contributed by atoms with Crippen LogP contribution in [0.25, 0.3) is 21.9 Å². The molecule has 0 saturated carbocycles. The number of hydrogen-bond donors (Lipinski definition) is 0. The molecule has 0 N–H and O–H groups in total. The van der Waals surface area contributed by atoms with Crippen LogP contribution in [-0.2, 0) is 31.7 Å².